The quantitative estimate of drug-likeness (QED) is 0.194. The van der Waals surface area contributed by atoms with E-state index in [0.717, 1.165) is 54.9 Å². The van der Waals surface area contributed by atoms with E-state index >= 15 is 0 Å². The number of likely N-dealkylation sites (tertiary alicyclic amines) is 1. The Bertz CT molecular complexity index is 1870. The first-order valence-corrected chi connectivity index (χ1v) is 16.1. The topological polar surface area (TPSA) is 62.6 Å². The number of H-pyrrole nitrogens is 1. The lowest BCUT2D eigenvalue weighted by Crippen LogP contribution is -2.33. The summed E-state index contributed by atoms with van der Waals surface area (Å²) in [7, 11) is 1.72. The van der Waals surface area contributed by atoms with E-state index in [-0.39, 0.29) is 0 Å². The number of nitrogens with one attached hydrogen (secondary N) is 1. The van der Waals surface area contributed by atoms with Crippen LogP contribution in [0.3, 0.4) is 0 Å². The third-order valence-electron chi connectivity index (χ3n) is 9.22. The number of hydrogen-bond donors (Lipinski definition) is 2. The molecule has 0 saturated carbocycles. The monoisotopic (exact) mass is 599 g/mol. The van der Waals surface area contributed by atoms with Crippen LogP contribution >= 0.6 is 0 Å². The molecule has 1 aliphatic heterocycles. The molecule has 0 unspecified atom stereocenters. The highest BCUT2D eigenvalue weighted by molar-refractivity contribution is 5.94. The zero-order valence-corrected chi connectivity index (χ0v) is 26.0. The van der Waals surface area contributed by atoms with Crippen LogP contribution in [0, 0.1) is 0 Å². The van der Waals surface area contributed by atoms with Crippen molar-refractivity contribution in [3.63, 3.8) is 0 Å². The molecule has 3 heterocycles. The molecule has 4 aromatic carbocycles. The van der Waals surface area contributed by atoms with Crippen LogP contribution in [-0.2, 0) is 19.4 Å². The maximum absolute atomic E-state index is 10.2. The molecule has 0 bridgehead atoms. The van der Waals surface area contributed by atoms with Crippen LogP contribution in [-0.4, -0.2) is 52.9 Å². The van der Waals surface area contributed by atoms with Gasteiger partial charge in [0.15, 0.2) is 0 Å². The first-order chi connectivity index (χ1) is 22.2. The van der Waals surface area contributed by atoms with Gasteiger partial charge >= 0.3 is 0 Å². The number of aromatic hydroxyl groups is 1. The van der Waals surface area contributed by atoms with E-state index in [1.807, 2.05) is 36.5 Å². The molecule has 230 valence electrons. The predicted octanol–water partition coefficient (Wildman–Crippen LogP) is 8.20. The summed E-state index contributed by atoms with van der Waals surface area (Å²) in [5, 5.41) is 12.7. The van der Waals surface area contributed by atoms with Crippen molar-refractivity contribution in [2.45, 2.75) is 38.6 Å². The number of phenolic OH excluding ortho intramolecular Hbond substituents is 1. The number of phenols is 1. The van der Waals surface area contributed by atoms with Gasteiger partial charge in [0.25, 0.3) is 0 Å². The summed E-state index contributed by atoms with van der Waals surface area (Å²) in [6, 6.07) is 31.0. The number of hydrogen-bond acceptors (Lipinski definition) is 4. The summed E-state index contributed by atoms with van der Waals surface area (Å²) >= 11 is 0. The molecule has 2 aromatic heterocycles. The highest BCUT2D eigenvalue weighted by Gasteiger charge is 2.25. The van der Waals surface area contributed by atoms with Gasteiger partial charge in [0, 0.05) is 41.3 Å². The van der Waals surface area contributed by atoms with Crippen molar-refractivity contribution in [3.05, 3.63) is 114 Å². The first kappa shape index (κ1) is 29.1. The Morgan fingerprint density at radius 1 is 0.822 bits per heavy atom. The molecule has 1 fully saturated rings. The molecular weight excluding hydrogens is 558 g/mol. The van der Waals surface area contributed by atoms with Gasteiger partial charge in [-0.2, -0.15) is 0 Å². The highest BCUT2D eigenvalue weighted by Crippen LogP contribution is 2.42. The minimum atomic E-state index is 0.314. The summed E-state index contributed by atoms with van der Waals surface area (Å²) in [6.07, 6.45) is 7.85. The fraction of sp³-hybridized carbons (Fsp3) is 0.282. The number of piperidine rings is 1. The van der Waals surface area contributed by atoms with Crippen LogP contribution in [0.5, 0.6) is 17.2 Å². The number of aryl methyl sites for hydroxylation is 2. The zero-order chi connectivity index (χ0) is 30.6. The number of aromatic amines is 1. The van der Waals surface area contributed by atoms with Gasteiger partial charge in [-0.1, -0.05) is 36.8 Å². The fourth-order valence-corrected chi connectivity index (χ4v) is 6.88. The number of benzene rings is 4. The van der Waals surface area contributed by atoms with E-state index in [9.17, 15) is 5.11 Å². The lowest BCUT2D eigenvalue weighted by molar-refractivity contribution is 0.183. The molecule has 0 atom stereocenters. The van der Waals surface area contributed by atoms with E-state index in [1.54, 1.807) is 13.2 Å². The Kier molecular flexibility index (Phi) is 8.48. The van der Waals surface area contributed by atoms with Gasteiger partial charge in [0.2, 0.25) is 0 Å². The predicted molar refractivity (Wildman–Crippen MR) is 183 cm³/mol. The zero-order valence-electron chi connectivity index (χ0n) is 26.0. The number of nitrogens with zero attached hydrogens (tertiary/aromatic N) is 2. The Hall–Kier alpha value is -4.68. The van der Waals surface area contributed by atoms with Crippen molar-refractivity contribution in [2.24, 2.45) is 0 Å². The molecule has 1 saturated heterocycles. The summed E-state index contributed by atoms with van der Waals surface area (Å²) in [5.41, 5.74) is 8.73. The van der Waals surface area contributed by atoms with Gasteiger partial charge in [-0.15, -0.1) is 0 Å². The maximum Gasteiger partial charge on any atom is 0.119 e. The largest absolute Gasteiger partial charge is 0.508 e. The molecule has 2 N–H and O–H groups in total. The van der Waals surface area contributed by atoms with Crippen molar-refractivity contribution in [1.82, 2.24) is 14.5 Å². The van der Waals surface area contributed by atoms with Gasteiger partial charge < -0.3 is 24.1 Å². The summed E-state index contributed by atoms with van der Waals surface area (Å²) in [5.74, 6) is 2.14. The summed E-state index contributed by atoms with van der Waals surface area (Å²) in [6.45, 7) is 4.89. The normalized spacial score (nSPS) is 14.4. The second-order valence-electron chi connectivity index (χ2n) is 12.1. The highest BCUT2D eigenvalue weighted by atomic mass is 16.5. The van der Waals surface area contributed by atoms with Crippen LogP contribution in [0.25, 0.3) is 33.1 Å². The average Bonchev–Trinajstić information content (AvgIpc) is 3.69. The minimum Gasteiger partial charge on any atom is -0.508 e. The summed E-state index contributed by atoms with van der Waals surface area (Å²) < 4.78 is 13.9. The third kappa shape index (κ3) is 6.29. The number of fused-ring (bicyclic) bond motifs is 6. The van der Waals surface area contributed by atoms with Gasteiger partial charge in [0.05, 0.1) is 12.8 Å². The van der Waals surface area contributed by atoms with Crippen molar-refractivity contribution in [3.8, 4) is 28.5 Å². The molecule has 6 aromatic rings. The lowest BCUT2D eigenvalue weighted by Gasteiger charge is -2.26. The van der Waals surface area contributed by atoms with E-state index in [1.165, 1.54) is 71.2 Å². The molecule has 6 nitrogen and oxygen atoms in total. The lowest BCUT2D eigenvalue weighted by atomic mass is 9.88. The molecule has 2 aliphatic rings. The number of para-hydroxylation sites is 1. The van der Waals surface area contributed by atoms with E-state index in [0.29, 0.717) is 5.75 Å². The van der Waals surface area contributed by atoms with Crippen molar-refractivity contribution in [1.29, 1.82) is 0 Å². The second kappa shape index (κ2) is 13.1. The van der Waals surface area contributed by atoms with Crippen molar-refractivity contribution < 1.29 is 14.6 Å². The molecule has 0 radical (unpaired) electrons. The van der Waals surface area contributed by atoms with Crippen molar-refractivity contribution >= 4 is 21.8 Å². The molecule has 45 heavy (non-hydrogen) atoms. The fourth-order valence-electron chi connectivity index (χ4n) is 6.88. The molecule has 6 heteroatoms. The molecule has 0 spiro atoms. The number of aromatic nitrogens is 2. The Morgan fingerprint density at radius 3 is 2.47 bits per heavy atom. The Labute approximate surface area is 264 Å². The number of ether oxygens (including phenoxy) is 2. The number of methoxy groups -OCH3 is 1. The van der Waals surface area contributed by atoms with Gasteiger partial charge in [-0.3, -0.25) is 4.90 Å². The average molecular weight is 600 g/mol. The standard InChI is InChI=1S/C31H34N2O3.C8H7N/c1-35-26-11-13-27-23(19-26)7-12-28-29-20-24(34)8-14-30(29)33(31(27)28)21-22-5-9-25(10-6-22)36-18-17-32-15-3-2-4-16-32;1-2-4-8-7(3-1)5-6-9-8/h5-6,8-11,13-14,19-20,34H,2-4,7,12,15-18,21H2,1H3;1-6,9H. The Morgan fingerprint density at radius 2 is 1.64 bits per heavy atom. The molecule has 1 aliphatic carbocycles. The molecule has 8 rings (SSSR count). The Balaban J connectivity index is 0.000000308. The number of rotatable bonds is 7. The van der Waals surface area contributed by atoms with Gasteiger partial charge in [0.1, 0.15) is 23.9 Å². The van der Waals surface area contributed by atoms with Crippen molar-refractivity contribution in [2.75, 3.05) is 33.4 Å². The van der Waals surface area contributed by atoms with Crippen LogP contribution in [0.4, 0.5) is 0 Å². The first-order valence-electron chi connectivity index (χ1n) is 16.1. The smallest absolute Gasteiger partial charge is 0.119 e. The van der Waals surface area contributed by atoms with Crippen LogP contribution in [0.2, 0.25) is 0 Å². The van der Waals surface area contributed by atoms with Gasteiger partial charge in [-0.25, -0.2) is 0 Å². The van der Waals surface area contributed by atoms with Crippen LogP contribution < -0.4 is 9.47 Å². The summed E-state index contributed by atoms with van der Waals surface area (Å²) in [4.78, 5) is 5.62. The third-order valence-corrected chi connectivity index (χ3v) is 9.22. The SMILES string of the molecule is COc1ccc2c(c1)CCc1c-2n(Cc2ccc(OCCN3CCCCC3)cc2)c2ccc(O)cc12.c1ccc2[nH]ccc2c1. The van der Waals surface area contributed by atoms with E-state index in [4.69, 9.17) is 9.47 Å². The molecule has 0 amide bonds. The van der Waals surface area contributed by atoms with Crippen LogP contribution in [0.15, 0.2) is 97.2 Å². The van der Waals surface area contributed by atoms with E-state index in [2.05, 4.69) is 69.0 Å². The van der Waals surface area contributed by atoms with Crippen LogP contribution in [0.1, 0.15) is 36.0 Å². The maximum atomic E-state index is 10.2. The van der Waals surface area contributed by atoms with E-state index < -0.39 is 0 Å². The molecular formula is C39H41N3O3. The second-order valence-corrected chi connectivity index (χ2v) is 12.1. The minimum absolute atomic E-state index is 0.314. The van der Waals surface area contributed by atoms with Gasteiger partial charge in [-0.05, 0) is 122 Å².